The SMILES string of the molecule is O=c1[nH][nH]c2nc(-c3ccccc3)nc(-c3ccccc3)c12. The van der Waals surface area contributed by atoms with E-state index in [1.54, 1.807) is 0 Å². The second kappa shape index (κ2) is 4.96. The maximum Gasteiger partial charge on any atom is 0.275 e. The molecule has 0 saturated heterocycles. The van der Waals surface area contributed by atoms with Crippen LogP contribution in [0, 0.1) is 0 Å². The highest BCUT2D eigenvalue weighted by Gasteiger charge is 2.15. The number of H-pyrrole nitrogens is 2. The Labute approximate surface area is 125 Å². The fourth-order valence-corrected chi connectivity index (χ4v) is 2.47. The van der Waals surface area contributed by atoms with Crippen LogP contribution in [-0.2, 0) is 0 Å². The molecule has 2 heterocycles. The van der Waals surface area contributed by atoms with E-state index in [1.807, 2.05) is 60.7 Å². The minimum absolute atomic E-state index is 0.214. The summed E-state index contributed by atoms with van der Waals surface area (Å²) in [5, 5.41) is 5.88. The number of hydrogen-bond donors (Lipinski definition) is 2. The van der Waals surface area contributed by atoms with Crippen molar-refractivity contribution in [3.05, 3.63) is 71.0 Å². The lowest BCUT2D eigenvalue weighted by Gasteiger charge is -2.05. The first-order chi connectivity index (χ1) is 10.8. The number of nitrogens with zero attached hydrogens (tertiary/aromatic N) is 2. The minimum atomic E-state index is -0.214. The lowest BCUT2D eigenvalue weighted by molar-refractivity contribution is 1.06. The zero-order chi connectivity index (χ0) is 14.9. The maximum absolute atomic E-state index is 12.1. The van der Waals surface area contributed by atoms with Gasteiger partial charge in [-0.05, 0) is 0 Å². The third-order valence-electron chi connectivity index (χ3n) is 3.51. The molecule has 0 aliphatic rings. The van der Waals surface area contributed by atoms with Gasteiger partial charge in [-0.2, -0.15) is 0 Å². The van der Waals surface area contributed by atoms with Gasteiger partial charge in [-0.1, -0.05) is 60.7 Å². The van der Waals surface area contributed by atoms with Crippen molar-refractivity contribution in [3.8, 4) is 22.6 Å². The Balaban J connectivity index is 2.05. The van der Waals surface area contributed by atoms with Gasteiger partial charge in [0.05, 0.1) is 5.69 Å². The van der Waals surface area contributed by atoms with Crippen molar-refractivity contribution in [2.24, 2.45) is 0 Å². The summed E-state index contributed by atoms with van der Waals surface area (Å²) in [5.74, 6) is 0.585. The molecule has 0 amide bonds. The molecular formula is C17H12N4O. The lowest BCUT2D eigenvalue weighted by atomic mass is 10.1. The molecule has 0 unspecified atom stereocenters. The van der Waals surface area contributed by atoms with Crippen LogP contribution >= 0.6 is 0 Å². The average Bonchev–Trinajstić information content (AvgIpc) is 2.97. The van der Waals surface area contributed by atoms with Crippen LogP contribution in [0.1, 0.15) is 0 Å². The Hall–Kier alpha value is -3.21. The van der Waals surface area contributed by atoms with E-state index in [1.165, 1.54) is 0 Å². The largest absolute Gasteiger partial charge is 0.281 e. The number of rotatable bonds is 2. The fraction of sp³-hybridized carbons (Fsp3) is 0. The van der Waals surface area contributed by atoms with Crippen LogP contribution in [-0.4, -0.2) is 20.2 Å². The van der Waals surface area contributed by atoms with Gasteiger partial charge < -0.3 is 0 Å². The molecule has 0 fully saturated rings. The lowest BCUT2D eigenvalue weighted by Crippen LogP contribution is -2.02. The first-order valence-electron chi connectivity index (χ1n) is 6.92. The average molecular weight is 288 g/mol. The molecular weight excluding hydrogens is 276 g/mol. The second-order valence-corrected chi connectivity index (χ2v) is 4.93. The molecule has 2 aromatic heterocycles. The summed E-state index contributed by atoms with van der Waals surface area (Å²) >= 11 is 0. The fourth-order valence-electron chi connectivity index (χ4n) is 2.47. The highest BCUT2D eigenvalue weighted by molar-refractivity contribution is 5.91. The number of nitrogens with one attached hydrogen (secondary N) is 2. The Morgan fingerprint density at radius 2 is 1.36 bits per heavy atom. The van der Waals surface area contributed by atoms with E-state index in [0.717, 1.165) is 11.1 Å². The van der Waals surface area contributed by atoms with E-state index >= 15 is 0 Å². The van der Waals surface area contributed by atoms with Crippen LogP contribution < -0.4 is 5.56 Å². The van der Waals surface area contributed by atoms with Gasteiger partial charge in [-0.15, -0.1) is 0 Å². The van der Waals surface area contributed by atoms with E-state index in [4.69, 9.17) is 0 Å². The molecule has 0 aliphatic heterocycles. The number of aromatic nitrogens is 4. The summed E-state index contributed by atoms with van der Waals surface area (Å²) in [7, 11) is 0. The number of fused-ring (bicyclic) bond motifs is 1. The Morgan fingerprint density at radius 1 is 0.727 bits per heavy atom. The van der Waals surface area contributed by atoms with E-state index in [2.05, 4.69) is 20.2 Å². The van der Waals surface area contributed by atoms with Crippen molar-refractivity contribution in [1.29, 1.82) is 0 Å². The Morgan fingerprint density at radius 3 is 2.05 bits per heavy atom. The highest BCUT2D eigenvalue weighted by Crippen LogP contribution is 2.25. The van der Waals surface area contributed by atoms with Crippen molar-refractivity contribution in [1.82, 2.24) is 20.2 Å². The van der Waals surface area contributed by atoms with Gasteiger partial charge in [-0.3, -0.25) is 15.0 Å². The molecule has 0 bridgehead atoms. The van der Waals surface area contributed by atoms with E-state index in [0.29, 0.717) is 22.6 Å². The predicted octanol–water partition coefficient (Wildman–Crippen LogP) is 2.98. The van der Waals surface area contributed by atoms with Crippen molar-refractivity contribution in [2.75, 3.05) is 0 Å². The normalized spacial score (nSPS) is 10.9. The second-order valence-electron chi connectivity index (χ2n) is 4.93. The summed E-state index contributed by atoms with van der Waals surface area (Å²) in [6.45, 7) is 0. The van der Waals surface area contributed by atoms with Gasteiger partial charge in [0, 0.05) is 11.1 Å². The molecule has 22 heavy (non-hydrogen) atoms. The monoisotopic (exact) mass is 288 g/mol. The summed E-state index contributed by atoms with van der Waals surface area (Å²) in [6, 6.07) is 19.3. The zero-order valence-corrected chi connectivity index (χ0v) is 11.6. The molecule has 2 aromatic carbocycles. The maximum atomic E-state index is 12.1. The van der Waals surface area contributed by atoms with Crippen LogP contribution in [0.5, 0.6) is 0 Å². The quantitative estimate of drug-likeness (QED) is 0.595. The van der Waals surface area contributed by atoms with Crippen LogP contribution in [0.2, 0.25) is 0 Å². The van der Waals surface area contributed by atoms with E-state index < -0.39 is 0 Å². The zero-order valence-electron chi connectivity index (χ0n) is 11.6. The van der Waals surface area contributed by atoms with Gasteiger partial charge in [0.1, 0.15) is 5.39 Å². The first-order valence-corrected chi connectivity index (χ1v) is 6.92. The molecule has 0 atom stereocenters. The van der Waals surface area contributed by atoms with Crippen molar-refractivity contribution >= 4 is 11.0 Å². The van der Waals surface area contributed by atoms with Gasteiger partial charge in [0.15, 0.2) is 11.5 Å². The molecule has 0 aliphatic carbocycles. The summed E-state index contributed by atoms with van der Waals surface area (Å²) in [5.41, 5.74) is 2.72. The topological polar surface area (TPSA) is 74.4 Å². The summed E-state index contributed by atoms with van der Waals surface area (Å²) in [4.78, 5) is 21.1. The van der Waals surface area contributed by atoms with E-state index in [-0.39, 0.29) is 5.56 Å². The minimum Gasteiger partial charge on any atom is -0.281 e. The van der Waals surface area contributed by atoms with Crippen LogP contribution in [0.3, 0.4) is 0 Å². The van der Waals surface area contributed by atoms with Crippen molar-refractivity contribution in [3.63, 3.8) is 0 Å². The molecule has 0 spiro atoms. The first kappa shape index (κ1) is 12.5. The van der Waals surface area contributed by atoms with Gasteiger partial charge >= 0.3 is 0 Å². The molecule has 5 nitrogen and oxygen atoms in total. The molecule has 0 radical (unpaired) electrons. The van der Waals surface area contributed by atoms with Crippen LogP contribution in [0.4, 0.5) is 0 Å². The third-order valence-corrected chi connectivity index (χ3v) is 3.51. The van der Waals surface area contributed by atoms with Crippen LogP contribution in [0.15, 0.2) is 65.5 Å². The van der Waals surface area contributed by atoms with E-state index in [9.17, 15) is 4.79 Å². The van der Waals surface area contributed by atoms with Gasteiger partial charge in [-0.25, -0.2) is 9.97 Å². The molecule has 106 valence electrons. The molecule has 5 heteroatoms. The smallest absolute Gasteiger partial charge is 0.275 e. The number of aromatic amines is 2. The molecule has 2 N–H and O–H groups in total. The number of benzene rings is 2. The number of hydrogen-bond acceptors (Lipinski definition) is 3. The Kier molecular flexibility index (Phi) is 2.83. The standard InChI is InChI=1S/C17H12N4O/c22-17-13-14(11-7-3-1-4-8-11)18-15(19-16(13)20-21-17)12-9-5-2-6-10-12/h1-10H,(H2,18,19,20,21,22). The summed E-state index contributed by atoms with van der Waals surface area (Å²) < 4.78 is 0. The Bertz CT molecular complexity index is 988. The van der Waals surface area contributed by atoms with Crippen molar-refractivity contribution < 1.29 is 0 Å². The predicted molar refractivity (Wildman–Crippen MR) is 85.4 cm³/mol. The van der Waals surface area contributed by atoms with Gasteiger partial charge in [0.2, 0.25) is 0 Å². The van der Waals surface area contributed by atoms with Gasteiger partial charge in [0.25, 0.3) is 5.56 Å². The highest BCUT2D eigenvalue weighted by atomic mass is 16.1. The third kappa shape index (κ3) is 2.00. The van der Waals surface area contributed by atoms with Crippen molar-refractivity contribution in [2.45, 2.75) is 0 Å². The molecule has 4 aromatic rings. The molecule has 0 saturated carbocycles. The van der Waals surface area contributed by atoms with Crippen LogP contribution in [0.25, 0.3) is 33.7 Å². The molecule has 4 rings (SSSR count). The summed E-state index contributed by atoms with van der Waals surface area (Å²) in [6.07, 6.45) is 0.